The number of aryl methyl sites for hydroxylation is 1. The molecule has 0 bridgehead atoms. The van der Waals surface area contributed by atoms with Crippen LogP contribution in [-0.4, -0.2) is 29.0 Å². The van der Waals surface area contributed by atoms with Gasteiger partial charge in [0.25, 0.3) is 0 Å². The maximum absolute atomic E-state index is 4.10. The largest absolute Gasteiger partial charge is 0.316 e. The average Bonchev–Trinajstić information content (AvgIpc) is 2.62. The van der Waals surface area contributed by atoms with Crippen molar-refractivity contribution in [3.05, 3.63) is 5.01 Å². The van der Waals surface area contributed by atoms with Crippen molar-refractivity contribution in [2.75, 3.05) is 18.8 Å². The van der Waals surface area contributed by atoms with Crippen LogP contribution in [0, 0.1) is 12.8 Å². The predicted octanol–water partition coefficient (Wildman–Crippen LogP) is 2.57. The fourth-order valence-corrected chi connectivity index (χ4v) is 3.00. The highest BCUT2D eigenvalue weighted by molar-refractivity contribution is 8.01. The van der Waals surface area contributed by atoms with Crippen LogP contribution >= 0.6 is 23.1 Å². The van der Waals surface area contributed by atoms with E-state index in [0.29, 0.717) is 5.92 Å². The maximum Gasteiger partial charge on any atom is 0.174 e. The molecule has 1 N–H and O–H groups in total. The number of hydrogen-bond acceptors (Lipinski definition) is 5. The molecule has 0 aliphatic carbocycles. The van der Waals surface area contributed by atoms with Crippen LogP contribution in [0.1, 0.15) is 25.3 Å². The van der Waals surface area contributed by atoms with Gasteiger partial charge in [0.1, 0.15) is 5.01 Å². The molecule has 5 heteroatoms. The lowest BCUT2D eigenvalue weighted by molar-refractivity contribution is 0.557. The van der Waals surface area contributed by atoms with E-state index >= 15 is 0 Å². The van der Waals surface area contributed by atoms with Crippen molar-refractivity contribution >= 4 is 23.1 Å². The summed E-state index contributed by atoms with van der Waals surface area (Å²) < 4.78 is 1.09. The smallest absolute Gasteiger partial charge is 0.174 e. The lowest BCUT2D eigenvalue weighted by Gasteiger charge is -2.10. The molecule has 1 aromatic heterocycles. The topological polar surface area (TPSA) is 37.8 Å². The molecule has 3 nitrogen and oxygen atoms in total. The Morgan fingerprint density at radius 3 is 2.87 bits per heavy atom. The Hall–Kier alpha value is -0.130. The van der Waals surface area contributed by atoms with Crippen LogP contribution in [0.2, 0.25) is 0 Å². The van der Waals surface area contributed by atoms with E-state index in [1.807, 2.05) is 18.7 Å². The fourth-order valence-electron chi connectivity index (χ4n) is 1.13. The molecule has 0 fully saturated rings. The first-order valence-corrected chi connectivity index (χ1v) is 7.16. The van der Waals surface area contributed by atoms with Gasteiger partial charge in [0.15, 0.2) is 4.34 Å². The second kappa shape index (κ2) is 7.19. The zero-order chi connectivity index (χ0) is 11.1. The molecule has 0 amide bonds. The fraction of sp³-hybridized carbons (Fsp3) is 0.800. The number of hydrogen-bond donors (Lipinski definition) is 1. The minimum atomic E-state index is 0.686. The first kappa shape index (κ1) is 12.9. The quantitative estimate of drug-likeness (QED) is 0.592. The van der Waals surface area contributed by atoms with Gasteiger partial charge in [-0.2, -0.15) is 0 Å². The van der Waals surface area contributed by atoms with Crippen molar-refractivity contribution in [1.29, 1.82) is 0 Å². The second-order valence-corrected chi connectivity index (χ2v) is 6.16. The van der Waals surface area contributed by atoms with Gasteiger partial charge in [0.2, 0.25) is 0 Å². The van der Waals surface area contributed by atoms with E-state index in [9.17, 15) is 0 Å². The van der Waals surface area contributed by atoms with E-state index in [2.05, 4.69) is 29.4 Å². The number of thioether (sulfide) groups is 1. The summed E-state index contributed by atoms with van der Waals surface area (Å²) >= 11 is 3.49. The van der Waals surface area contributed by atoms with Crippen LogP contribution in [-0.2, 0) is 0 Å². The van der Waals surface area contributed by atoms with E-state index in [-0.39, 0.29) is 0 Å². The highest BCUT2D eigenvalue weighted by Crippen LogP contribution is 2.23. The van der Waals surface area contributed by atoms with Gasteiger partial charge in [-0.3, -0.25) is 0 Å². The zero-order valence-corrected chi connectivity index (χ0v) is 11.2. The molecule has 0 saturated heterocycles. The molecular weight excluding hydrogens is 226 g/mol. The Morgan fingerprint density at radius 2 is 2.27 bits per heavy atom. The Bertz CT molecular complexity index is 275. The summed E-state index contributed by atoms with van der Waals surface area (Å²) in [5.74, 6) is 1.80. The van der Waals surface area contributed by atoms with E-state index in [1.54, 1.807) is 11.3 Å². The van der Waals surface area contributed by atoms with Crippen molar-refractivity contribution in [1.82, 2.24) is 15.5 Å². The molecule has 1 rings (SSSR count). The van der Waals surface area contributed by atoms with Gasteiger partial charge in [-0.25, -0.2) is 0 Å². The molecule has 1 unspecified atom stereocenters. The summed E-state index contributed by atoms with van der Waals surface area (Å²) in [5, 5.41) is 12.6. The molecule has 0 aliphatic heterocycles. The Balaban J connectivity index is 2.13. The molecule has 0 aromatic carbocycles. The Morgan fingerprint density at radius 1 is 1.47 bits per heavy atom. The standard InChI is InChI=1S/C10H19N3S2/c1-4-5-11-6-8(2)7-14-10-13-12-9(3)15-10/h8,11H,4-7H2,1-3H3. The Labute approximate surface area is 100 Å². The molecule has 0 saturated carbocycles. The van der Waals surface area contributed by atoms with Gasteiger partial charge in [0.05, 0.1) is 0 Å². The molecule has 1 atom stereocenters. The molecular formula is C10H19N3S2. The van der Waals surface area contributed by atoms with Gasteiger partial charge in [-0.05, 0) is 32.4 Å². The van der Waals surface area contributed by atoms with Gasteiger partial charge in [-0.1, -0.05) is 36.9 Å². The highest BCUT2D eigenvalue weighted by atomic mass is 32.2. The summed E-state index contributed by atoms with van der Waals surface area (Å²) in [6.45, 7) is 8.67. The number of rotatable bonds is 7. The number of aromatic nitrogens is 2. The van der Waals surface area contributed by atoms with Gasteiger partial charge < -0.3 is 5.32 Å². The van der Waals surface area contributed by atoms with Crippen molar-refractivity contribution in [3.63, 3.8) is 0 Å². The van der Waals surface area contributed by atoms with Gasteiger partial charge in [-0.15, -0.1) is 10.2 Å². The molecule has 86 valence electrons. The second-order valence-electron chi connectivity index (χ2n) is 3.71. The predicted molar refractivity (Wildman–Crippen MR) is 67.7 cm³/mol. The Kier molecular flexibility index (Phi) is 6.20. The first-order chi connectivity index (χ1) is 7.22. The van der Waals surface area contributed by atoms with Crippen LogP contribution in [0.15, 0.2) is 4.34 Å². The summed E-state index contributed by atoms with van der Waals surface area (Å²) in [7, 11) is 0. The zero-order valence-electron chi connectivity index (χ0n) is 9.62. The third kappa shape index (κ3) is 5.49. The van der Waals surface area contributed by atoms with Crippen LogP contribution in [0.25, 0.3) is 0 Å². The number of nitrogens with zero attached hydrogens (tertiary/aromatic N) is 2. The maximum atomic E-state index is 4.10. The molecule has 0 radical (unpaired) electrons. The van der Waals surface area contributed by atoms with E-state index in [0.717, 1.165) is 28.2 Å². The van der Waals surface area contributed by atoms with Crippen LogP contribution in [0.3, 0.4) is 0 Å². The van der Waals surface area contributed by atoms with Crippen LogP contribution in [0.4, 0.5) is 0 Å². The average molecular weight is 245 g/mol. The summed E-state index contributed by atoms with van der Waals surface area (Å²) in [4.78, 5) is 0. The van der Waals surface area contributed by atoms with E-state index in [4.69, 9.17) is 0 Å². The van der Waals surface area contributed by atoms with Crippen molar-refractivity contribution in [2.45, 2.75) is 31.5 Å². The van der Waals surface area contributed by atoms with Crippen molar-refractivity contribution in [2.24, 2.45) is 5.92 Å². The molecule has 1 heterocycles. The minimum Gasteiger partial charge on any atom is -0.316 e. The van der Waals surface area contributed by atoms with Crippen LogP contribution in [0.5, 0.6) is 0 Å². The lowest BCUT2D eigenvalue weighted by atomic mass is 10.2. The molecule has 1 aromatic rings. The molecule has 0 aliphatic rings. The van der Waals surface area contributed by atoms with Gasteiger partial charge in [0, 0.05) is 5.75 Å². The third-order valence-corrected chi connectivity index (χ3v) is 4.22. The lowest BCUT2D eigenvalue weighted by Crippen LogP contribution is -2.23. The van der Waals surface area contributed by atoms with E-state index < -0.39 is 0 Å². The van der Waals surface area contributed by atoms with Crippen molar-refractivity contribution < 1.29 is 0 Å². The minimum absolute atomic E-state index is 0.686. The summed E-state index contributed by atoms with van der Waals surface area (Å²) in [6, 6.07) is 0. The van der Waals surface area contributed by atoms with Crippen molar-refractivity contribution in [3.8, 4) is 0 Å². The third-order valence-electron chi connectivity index (χ3n) is 1.92. The first-order valence-electron chi connectivity index (χ1n) is 5.36. The molecule has 0 spiro atoms. The summed E-state index contributed by atoms with van der Waals surface area (Å²) in [5.41, 5.74) is 0. The van der Waals surface area contributed by atoms with Gasteiger partial charge >= 0.3 is 0 Å². The van der Waals surface area contributed by atoms with Crippen LogP contribution < -0.4 is 5.32 Å². The summed E-state index contributed by atoms with van der Waals surface area (Å²) in [6.07, 6.45) is 1.20. The normalized spacial score (nSPS) is 13.0. The van der Waals surface area contributed by atoms with E-state index in [1.165, 1.54) is 6.42 Å². The number of nitrogens with one attached hydrogen (secondary N) is 1. The molecule has 15 heavy (non-hydrogen) atoms. The highest BCUT2D eigenvalue weighted by Gasteiger charge is 2.05. The SMILES string of the molecule is CCCNCC(C)CSc1nnc(C)s1. The monoisotopic (exact) mass is 245 g/mol.